The Hall–Kier alpha value is -1.28. The number of hydrogen-bond donors (Lipinski definition) is 0. The van der Waals surface area contributed by atoms with Crippen molar-refractivity contribution < 1.29 is 48.7 Å². The number of hydrogen-bond acceptors (Lipinski definition) is 0. The summed E-state index contributed by atoms with van der Waals surface area (Å²) in [6.07, 6.45) is 25.1. The van der Waals surface area contributed by atoms with Crippen molar-refractivity contribution >= 4 is 3.26 Å². The van der Waals surface area contributed by atoms with Gasteiger partial charge >= 0.3 is 98.9 Å². The second-order valence-electron chi connectivity index (χ2n) is 7.93. The predicted molar refractivity (Wildman–Crippen MR) is 136 cm³/mol. The van der Waals surface area contributed by atoms with Crippen molar-refractivity contribution in [2.24, 2.45) is 0 Å². The van der Waals surface area contributed by atoms with Crippen molar-refractivity contribution in [1.82, 2.24) is 0 Å². The molecule has 0 amide bonds. The Balaban J connectivity index is 0.000000485. The topological polar surface area (TPSA) is 0 Å². The van der Waals surface area contributed by atoms with Crippen LogP contribution < -0.4 is 24.8 Å². The van der Waals surface area contributed by atoms with E-state index in [4.69, 9.17) is 0 Å². The summed E-state index contributed by atoms with van der Waals surface area (Å²) in [5.41, 5.74) is 5.53. The van der Waals surface area contributed by atoms with E-state index in [0.29, 0.717) is 0 Å². The Bertz CT molecular complexity index is 833. The van der Waals surface area contributed by atoms with E-state index in [0.717, 1.165) is 36.7 Å². The van der Waals surface area contributed by atoms with Gasteiger partial charge in [0, 0.05) is 0 Å². The van der Waals surface area contributed by atoms with Crippen LogP contribution in [0.15, 0.2) is 96.1 Å². The Morgan fingerprint density at radius 2 is 1.06 bits per heavy atom. The third kappa shape index (κ3) is 13.6. The maximum atomic E-state index is 3.30. The summed E-state index contributed by atoms with van der Waals surface area (Å²) >= 11 is 1.08. The first kappa shape index (κ1) is 32.7. The Morgan fingerprint density at radius 1 is 0.676 bits per heavy atom. The fraction of sp³-hybridized carbons (Fsp3) is 0.323. The number of allylic oxidation sites excluding steroid dienone is 8. The van der Waals surface area contributed by atoms with Crippen molar-refractivity contribution in [1.29, 1.82) is 0 Å². The van der Waals surface area contributed by atoms with Crippen LogP contribution in [0.25, 0.3) is 0 Å². The van der Waals surface area contributed by atoms with Crippen LogP contribution in [0, 0.1) is 12.2 Å². The molecule has 0 saturated heterocycles. The molecule has 0 saturated carbocycles. The number of halogens is 2. The number of rotatable bonds is 8. The molecular weight excluding hydrogens is 622 g/mol. The van der Waals surface area contributed by atoms with E-state index in [9.17, 15) is 0 Å². The van der Waals surface area contributed by atoms with Crippen LogP contribution in [0.3, 0.4) is 0 Å². The molecule has 2 aliphatic carbocycles. The summed E-state index contributed by atoms with van der Waals surface area (Å²) in [5, 5.41) is 0. The van der Waals surface area contributed by atoms with Gasteiger partial charge in [0.05, 0.1) is 0 Å². The zero-order valence-electron chi connectivity index (χ0n) is 20.5. The first-order valence-corrected chi connectivity index (χ1v) is 13.8. The van der Waals surface area contributed by atoms with Crippen molar-refractivity contribution in [2.45, 2.75) is 65.2 Å². The van der Waals surface area contributed by atoms with Crippen LogP contribution in [0.1, 0.15) is 76.3 Å². The van der Waals surface area contributed by atoms with E-state index in [1.165, 1.54) is 64.1 Å². The Morgan fingerprint density at radius 3 is 1.35 bits per heavy atom. The first-order chi connectivity index (χ1) is 15.7. The minimum atomic E-state index is 0. The van der Waals surface area contributed by atoms with Crippen LogP contribution in [-0.2, 0) is 23.9 Å². The zero-order valence-corrected chi connectivity index (χ0v) is 25.6. The fourth-order valence-corrected chi connectivity index (χ4v) is 4.55. The van der Waals surface area contributed by atoms with E-state index >= 15 is 0 Å². The first-order valence-electron chi connectivity index (χ1n) is 12.0. The Labute approximate surface area is 235 Å². The molecule has 4 rings (SSSR count). The summed E-state index contributed by atoms with van der Waals surface area (Å²) in [6, 6.07) is 21.2. The van der Waals surface area contributed by atoms with Gasteiger partial charge in [-0.2, -0.15) is 12.2 Å². The van der Waals surface area contributed by atoms with Gasteiger partial charge in [0.2, 0.25) is 0 Å². The molecule has 34 heavy (non-hydrogen) atoms. The van der Waals surface area contributed by atoms with Crippen LogP contribution >= 0.6 is 0 Å². The summed E-state index contributed by atoms with van der Waals surface area (Å²) < 4.78 is 1.46. The van der Waals surface area contributed by atoms with Gasteiger partial charge in [0.1, 0.15) is 0 Å². The molecule has 2 aromatic rings. The second-order valence-corrected chi connectivity index (χ2v) is 9.73. The molecule has 0 aliphatic heterocycles. The summed E-state index contributed by atoms with van der Waals surface area (Å²) in [6.45, 7) is 4.44. The SMILES string of the molecule is CCCCC1=[C-]CC=C1.CCCCC1=[C-]CC=C1.[Cl-].[Cl-].[Hf+2]=[C](c1ccccc1)c1ccccc1. The molecule has 0 heterocycles. The number of unbranched alkanes of at least 4 members (excludes halogenated alkanes) is 2. The molecule has 0 aromatic heterocycles. The van der Waals surface area contributed by atoms with Gasteiger partial charge in [0.25, 0.3) is 0 Å². The van der Waals surface area contributed by atoms with Gasteiger partial charge in [0.15, 0.2) is 0 Å². The Kier molecular flexibility index (Phi) is 20.2. The summed E-state index contributed by atoms with van der Waals surface area (Å²) in [7, 11) is 0. The minimum absolute atomic E-state index is 0. The van der Waals surface area contributed by atoms with Crippen molar-refractivity contribution in [3.05, 3.63) is 119 Å². The fourth-order valence-electron chi connectivity index (χ4n) is 3.35. The molecule has 180 valence electrons. The standard InChI is InChI=1S/C13H10.2C9H13.2ClH.Hf/c1-3-7-12(8-4-1)11-13-9-5-2-6-10-13;2*1-2-3-6-9-7-4-5-8-9;;;/h1-10H;2*4,7H,2-3,5-6H2,1H3;2*1H;/q;2*-1;;;+2/p-2. The monoisotopic (exact) mass is 658 g/mol. The van der Waals surface area contributed by atoms with E-state index < -0.39 is 0 Å². The molecule has 0 N–H and O–H groups in total. The molecule has 2 aromatic carbocycles. The quantitative estimate of drug-likeness (QED) is 0.303. The third-order valence-corrected chi connectivity index (χ3v) is 7.33. The van der Waals surface area contributed by atoms with E-state index in [-0.39, 0.29) is 24.8 Å². The van der Waals surface area contributed by atoms with Crippen molar-refractivity contribution in [3.8, 4) is 0 Å². The second kappa shape index (κ2) is 21.0. The van der Waals surface area contributed by atoms with Crippen LogP contribution in [0.4, 0.5) is 0 Å². The molecular formula is C31H36Cl2Hf-2. The van der Waals surface area contributed by atoms with Gasteiger partial charge in [-0.25, -0.2) is 23.3 Å². The summed E-state index contributed by atoms with van der Waals surface area (Å²) in [5.74, 6) is 0. The van der Waals surface area contributed by atoms with Gasteiger partial charge < -0.3 is 24.8 Å². The normalized spacial score (nSPS) is 12.7. The van der Waals surface area contributed by atoms with E-state index in [1.54, 1.807) is 0 Å². The van der Waals surface area contributed by atoms with Crippen LogP contribution in [0.5, 0.6) is 0 Å². The van der Waals surface area contributed by atoms with E-state index in [1.807, 2.05) is 0 Å². The van der Waals surface area contributed by atoms with Gasteiger partial charge in [-0.3, -0.25) is 12.2 Å². The third-order valence-electron chi connectivity index (χ3n) is 5.26. The molecule has 0 atom stereocenters. The van der Waals surface area contributed by atoms with E-state index in [2.05, 4.69) is 111 Å². The average molecular weight is 658 g/mol. The van der Waals surface area contributed by atoms with Gasteiger partial charge in [-0.15, -0.1) is 12.8 Å². The molecule has 3 heteroatoms. The van der Waals surface area contributed by atoms with Crippen molar-refractivity contribution in [2.75, 3.05) is 0 Å². The van der Waals surface area contributed by atoms with Gasteiger partial charge in [-0.05, 0) is 0 Å². The van der Waals surface area contributed by atoms with Crippen LogP contribution in [-0.4, -0.2) is 3.26 Å². The average Bonchev–Trinajstić information content (AvgIpc) is 3.57. The predicted octanol–water partition coefficient (Wildman–Crippen LogP) is 2.54. The molecule has 0 radical (unpaired) electrons. The molecule has 0 nitrogen and oxygen atoms in total. The molecule has 2 aliphatic rings. The summed E-state index contributed by atoms with van der Waals surface area (Å²) in [4.78, 5) is 0. The maximum absolute atomic E-state index is 3.30. The van der Waals surface area contributed by atoms with Crippen LogP contribution in [0.2, 0.25) is 0 Å². The number of benzene rings is 2. The molecule has 0 unspecified atom stereocenters. The molecule has 0 fully saturated rings. The zero-order chi connectivity index (χ0) is 22.9. The molecule has 0 spiro atoms. The van der Waals surface area contributed by atoms with Gasteiger partial charge in [-0.1, -0.05) is 52.4 Å². The molecule has 0 bridgehead atoms. The van der Waals surface area contributed by atoms with Crippen molar-refractivity contribution in [3.63, 3.8) is 0 Å².